The van der Waals surface area contributed by atoms with E-state index in [4.69, 9.17) is 5.73 Å². The van der Waals surface area contributed by atoms with Crippen LogP contribution < -0.4 is 16.4 Å². The van der Waals surface area contributed by atoms with Gasteiger partial charge in [-0.15, -0.1) is 12.4 Å². The number of carbonyl (C=O) groups is 2. The Kier molecular flexibility index (Phi) is 7.52. The molecular weight excluding hydrogens is 314 g/mol. The molecule has 0 bridgehead atoms. The molecular formula is C17H26ClN3O2. The highest BCUT2D eigenvalue weighted by Gasteiger charge is 2.26. The van der Waals surface area contributed by atoms with Crippen molar-refractivity contribution in [3.8, 4) is 0 Å². The molecule has 5 nitrogen and oxygen atoms in total. The highest BCUT2D eigenvalue weighted by molar-refractivity contribution is 5.97. The standard InChI is InChI=1S/C17H25N3O2.ClH/c1-3-19-17(22)13-8-7-11(2)15(9-13)20-16(21)10-12-5-4-6-14(12)18;/h7-9,12,14H,3-6,10,18H2,1-2H3,(H,19,22)(H,20,21);1H/t12-,14+;/m0./s1. The first kappa shape index (κ1) is 19.5. The van der Waals surface area contributed by atoms with Crippen LogP contribution in [0, 0.1) is 12.8 Å². The molecule has 1 aromatic rings. The lowest BCUT2D eigenvalue weighted by atomic mass is 9.99. The third-order valence-corrected chi connectivity index (χ3v) is 4.28. The minimum Gasteiger partial charge on any atom is -0.352 e. The van der Waals surface area contributed by atoms with Crippen molar-refractivity contribution in [2.24, 2.45) is 11.7 Å². The highest BCUT2D eigenvalue weighted by atomic mass is 35.5. The number of hydrogen-bond acceptors (Lipinski definition) is 3. The lowest BCUT2D eigenvalue weighted by molar-refractivity contribution is -0.117. The molecule has 0 spiro atoms. The summed E-state index contributed by atoms with van der Waals surface area (Å²) in [5, 5.41) is 5.68. The van der Waals surface area contributed by atoms with Crippen molar-refractivity contribution in [2.45, 2.75) is 45.6 Å². The van der Waals surface area contributed by atoms with Crippen molar-refractivity contribution in [1.82, 2.24) is 5.32 Å². The van der Waals surface area contributed by atoms with Crippen LogP contribution in [0.2, 0.25) is 0 Å². The number of anilines is 1. The maximum absolute atomic E-state index is 12.2. The van der Waals surface area contributed by atoms with Gasteiger partial charge in [0.2, 0.25) is 5.91 Å². The Morgan fingerprint density at radius 1 is 1.30 bits per heavy atom. The fourth-order valence-corrected chi connectivity index (χ4v) is 2.92. The van der Waals surface area contributed by atoms with Gasteiger partial charge in [-0.3, -0.25) is 9.59 Å². The number of hydrogen-bond donors (Lipinski definition) is 3. The molecule has 2 rings (SSSR count). The summed E-state index contributed by atoms with van der Waals surface area (Å²) in [5.41, 5.74) is 8.21. The van der Waals surface area contributed by atoms with Gasteiger partial charge in [-0.2, -0.15) is 0 Å². The molecule has 0 saturated heterocycles. The molecule has 2 atom stereocenters. The monoisotopic (exact) mass is 339 g/mol. The van der Waals surface area contributed by atoms with E-state index in [1.54, 1.807) is 12.1 Å². The number of carbonyl (C=O) groups excluding carboxylic acids is 2. The first-order chi connectivity index (χ1) is 10.5. The predicted molar refractivity (Wildman–Crippen MR) is 95.0 cm³/mol. The minimum atomic E-state index is -0.129. The lowest BCUT2D eigenvalue weighted by Gasteiger charge is -2.16. The third-order valence-electron chi connectivity index (χ3n) is 4.28. The van der Waals surface area contributed by atoms with E-state index in [2.05, 4.69) is 10.6 Å². The molecule has 0 aromatic heterocycles. The Hall–Kier alpha value is -1.59. The molecule has 0 radical (unpaired) electrons. The second-order valence-electron chi connectivity index (χ2n) is 6.00. The van der Waals surface area contributed by atoms with Crippen LogP contribution in [0.3, 0.4) is 0 Å². The van der Waals surface area contributed by atoms with Gasteiger partial charge in [0, 0.05) is 30.3 Å². The normalized spacial score (nSPS) is 19.8. The van der Waals surface area contributed by atoms with Crippen LogP contribution >= 0.6 is 12.4 Å². The number of benzene rings is 1. The molecule has 1 aromatic carbocycles. The molecule has 2 amide bonds. The topological polar surface area (TPSA) is 84.2 Å². The molecule has 0 aliphatic heterocycles. The van der Waals surface area contributed by atoms with Gasteiger partial charge in [-0.25, -0.2) is 0 Å². The smallest absolute Gasteiger partial charge is 0.251 e. The molecule has 4 N–H and O–H groups in total. The fourth-order valence-electron chi connectivity index (χ4n) is 2.92. The number of halogens is 1. The average molecular weight is 340 g/mol. The quantitative estimate of drug-likeness (QED) is 0.771. The first-order valence-corrected chi connectivity index (χ1v) is 7.95. The van der Waals surface area contributed by atoms with Crippen LogP contribution in [-0.4, -0.2) is 24.4 Å². The van der Waals surface area contributed by atoms with Gasteiger partial charge in [0.15, 0.2) is 0 Å². The predicted octanol–water partition coefficient (Wildman–Crippen LogP) is 2.62. The van der Waals surface area contributed by atoms with Gasteiger partial charge in [-0.05, 0) is 50.3 Å². The van der Waals surface area contributed by atoms with E-state index in [1.807, 2.05) is 19.9 Å². The molecule has 23 heavy (non-hydrogen) atoms. The summed E-state index contributed by atoms with van der Waals surface area (Å²) in [6.07, 6.45) is 3.58. The Labute approximate surface area is 143 Å². The Balaban J connectivity index is 0.00000264. The van der Waals surface area contributed by atoms with E-state index in [0.29, 0.717) is 24.2 Å². The summed E-state index contributed by atoms with van der Waals surface area (Å²) >= 11 is 0. The first-order valence-electron chi connectivity index (χ1n) is 7.95. The molecule has 1 fully saturated rings. The van der Waals surface area contributed by atoms with Crippen molar-refractivity contribution < 1.29 is 9.59 Å². The fraction of sp³-hybridized carbons (Fsp3) is 0.529. The van der Waals surface area contributed by atoms with Gasteiger partial charge in [0.1, 0.15) is 0 Å². The van der Waals surface area contributed by atoms with Gasteiger partial charge >= 0.3 is 0 Å². The van der Waals surface area contributed by atoms with Gasteiger partial charge < -0.3 is 16.4 Å². The number of nitrogens with two attached hydrogens (primary N) is 1. The number of aryl methyl sites for hydroxylation is 1. The van der Waals surface area contributed by atoms with Crippen LogP contribution in [0.1, 0.15) is 48.5 Å². The van der Waals surface area contributed by atoms with E-state index in [-0.39, 0.29) is 36.2 Å². The van der Waals surface area contributed by atoms with Crippen LogP contribution in [0.15, 0.2) is 18.2 Å². The van der Waals surface area contributed by atoms with E-state index in [0.717, 1.165) is 24.8 Å². The maximum Gasteiger partial charge on any atom is 0.251 e. The van der Waals surface area contributed by atoms with Gasteiger partial charge in [0.25, 0.3) is 5.91 Å². The maximum atomic E-state index is 12.2. The summed E-state index contributed by atoms with van der Waals surface area (Å²) < 4.78 is 0. The lowest BCUT2D eigenvalue weighted by Crippen LogP contribution is -2.28. The van der Waals surface area contributed by atoms with Gasteiger partial charge in [0.05, 0.1) is 0 Å². The van der Waals surface area contributed by atoms with Crippen LogP contribution in [0.25, 0.3) is 0 Å². The zero-order chi connectivity index (χ0) is 16.1. The highest BCUT2D eigenvalue weighted by Crippen LogP contribution is 2.27. The van der Waals surface area contributed by atoms with E-state index >= 15 is 0 Å². The van der Waals surface area contributed by atoms with Crippen molar-refractivity contribution >= 4 is 29.9 Å². The molecule has 128 valence electrons. The summed E-state index contributed by atoms with van der Waals surface area (Å²) in [6.45, 7) is 4.37. The zero-order valence-corrected chi connectivity index (χ0v) is 14.5. The van der Waals surface area contributed by atoms with Gasteiger partial charge in [-0.1, -0.05) is 12.5 Å². The molecule has 6 heteroatoms. The number of rotatable bonds is 5. The second-order valence-corrected chi connectivity index (χ2v) is 6.00. The molecule has 1 saturated carbocycles. The number of amides is 2. The Morgan fingerprint density at radius 2 is 2.04 bits per heavy atom. The van der Waals surface area contributed by atoms with Crippen LogP contribution in [0.5, 0.6) is 0 Å². The minimum absolute atomic E-state index is 0. The van der Waals surface area contributed by atoms with Crippen molar-refractivity contribution in [2.75, 3.05) is 11.9 Å². The van der Waals surface area contributed by atoms with E-state index in [1.165, 1.54) is 0 Å². The average Bonchev–Trinajstić information content (AvgIpc) is 2.87. The Morgan fingerprint density at radius 3 is 2.65 bits per heavy atom. The molecule has 1 aliphatic rings. The third kappa shape index (κ3) is 5.22. The Bertz CT molecular complexity index is 563. The second kappa shape index (κ2) is 8.89. The summed E-state index contributed by atoms with van der Waals surface area (Å²) in [4.78, 5) is 24.1. The summed E-state index contributed by atoms with van der Waals surface area (Å²) in [5.74, 6) is 0.112. The summed E-state index contributed by atoms with van der Waals surface area (Å²) in [6, 6.07) is 5.48. The SMILES string of the molecule is CCNC(=O)c1ccc(C)c(NC(=O)C[C@@H]2CCC[C@H]2N)c1.Cl. The zero-order valence-electron chi connectivity index (χ0n) is 13.7. The number of nitrogens with one attached hydrogen (secondary N) is 2. The van der Waals surface area contributed by atoms with E-state index in [9.17, 15) is 9.59 Å². The van der Waals surface area contributed by atoms with Crippen LogP contribution in [0.4, 0.5) is 5.69 Å². The van der Waals surface area contributed by atoms with Crippen molar-refractivity contribution in [3.63, 3.8) is 0 Å². The van der Waals surface area contributed by atoms with Crippen molar-refractivity contribution in [3.05, 3.63) is 29.3 Å². The van der Waals surface area contributed by atoms with Crippen LogP contribution in [-0.2, 0) is 4.79 Å². The largest absolute Gasteiger partial charge is 0.352 e. The molecule has 0 unspecified atom stereocenters. The van der Waals surface area contributed by atoms with E-state index < -0.39 is 0 Å². The molecule has 0 heterocycles. The summed E-state index contributed by atoms with van der Waals surface area (Å²) in [7, 11) is 0. The molecule has 1 aliphatic carbocycles. The van der Waals surface area contributed by atoms with Crippen molar-refractivity contribution in [1.29, 1.82) is 0 Å².